The van der Waals surface area contributed by atoms with Gasteiger partial charge >= 0.3 is 0 Å². The minimum atomic E-state index is 0.322. The Labute approximate surface area is 64.2 Å². The molecule has 0 aliphatic carbocycles. The van der Waals surface area contributed by atoms with Crippen LogP contribution in [0.5, 0.6) is 5.75 Å². The molecule has 0 aliphatic heterocycles. The Morgan fingerprint density at radius 3 is 3.00 bits per heavy atom. The van der Waals surface area contributed by atoms with Crippen LogP contribution in [-0.2, 0) is 0 Å². The van der Waals surface area contributed by atoms with Crippen molar-refractivity contribution in [2.45, 2.75) is 0 Å². The van der Waals surface area contributed by atoms with Crippen LogP contribution >= 0.6 is 0 Å². The molecular formula is C7H7N3O. The zero-order valence-electron chi connectivity index (χ0n) is 6.03. The van der Waals surface area contributed by atoms with E-state index in [4.69, 9.17) is 15.7 Å². The fraction of sp³-hybridized carbons (Fsp3) is 0.143. The molecule has 0 bridgehead atoms. The fourth-order valence-electron chi connectivity index (χ4n) is 0.709. The van der Waals surface area contributed by atoms with Crippen molar-refractivity contribution in [3.05, 3.63) is 17.8 Å². The third-order valence-corrected chi connectivity index (χ3v) is 1.23. The highest BCUT2D eigenvalue weighted by molar-refractivity contribution is 5.47. The lowest BCUT2D eigenvalue weighted by Crippen LogP contribution is -1.94. The number of nitrogen functional groups attached to an aromatic ring is 1. The summed E-state index contributed by atoms with van der Waals surface area (Å²) in [7, 11) is 1.48. The Morgan fingerprint density at radius 1 is 1.73 bits per heavy atom. The van der Waals surface area contributed by atoms with E-state index in [0.29, 0.717) is 17.1 Å². The van der Waals surface area contributed by atoms with Gasteiger partial charge in [0, 0.05) is 6.07 Å². The van der Waals surface area contributed by atoms with Gasteiger partial charge in [-0.25, -0.2) is 4.98 Å². The zero-order valence-corrected chi connectivity index (χ0v) is 6.03. The second-order valence-electron chi connectivity index (χ2n) is 1.92. The van der Waals surface area contributed by atoms with Gasteiger partial charge in [0.1, 0.15) is 11.9 Å². The molecule has 0 spiro atoms. The summed E-state index contributed by atoms with van der Waals surface area (Å²) < 4.78 is 4.85. The first-order valence-corrected chi connectivity index (χ1v) is 2.97. The molecule has 0 saturated heterocycles. The van der Waals surface area contributed by atoms with Crippen LogP contribution in [-0.4, -0.2) is 12.1 Å². The first-order valence-electron chi connectivity index (χ1n) is 2.97. The first kappa shape index (κ1) is 7.35. The molecule has 0 aliphatic rings. The number of pyridine rings is 1. The van der Waals surface area contributed by atoms with Gasteiger partial charge in [-0.1, -0.05) is 0 Å². The summed E-state index contributed by atoms with van der Waals surface area (Å²) in [6.07, 6.45) is 1.42. The Morgan fingerprint density at radius 2 is 2.45 bits per heavy atom. The van der Waals surface area contributed by atoms with Crippen molar-refractivity contribution in [3.63, 3.8) is 0 Å². The lowest BCUT2D eigenvalue weighted by molar-refractivity contribution is 0.411. The van der Waals surface area contributed by atoms with Crippen LogP contribution in [0.25, 0.3) is 0 Å². The number of aromatic nitrogens is 1. The first-order chi connectivity index (χ1) is 5.27. The van der Waals surface area contributed by atoms with Gasteiger partial charge in [0.15, 0.2) is 5.75 Å². The smallest absolute Gasteiger partial charge is 0.155 e. The summed E-state index contributed by atoms with van der Waals surface area (Å²) in [5.41, 5.74) is 5.74. The summed E-state index contributed by atoms with van der Waals surface area (Å²) in [6, 6.07) is 3.41. The van der Waals surface area contributed by atoms with Crippen molar-refractivity contribution >= 4 is 5.82 Å². The van der Waals surface area contributed by atoms with E-state index in [1.165, 1.54) is 19.4 Å². The highest BCUT2D eigenvalue weighted by Crippen LogP contribution is 2.16. The quantitative estimate of drug-likeness (QED) is 0.632. The molecule has 0 amide bonds. The molecule has 2 N–H and O–H groups in total. The van der Waals surface area contributed by atoms with Gasteiger partial charge < -0.3 is 10.5 Å². The average molecular weight is 149 g/mol. The van der Waals surface area contributed by atoms with Crippen molar-refractivity contribution in [1.82, 2.24) is 4.98 Å². The largest absolute Gasteiger partial charge is 0.494 e. The van der Waals surface area contributed by atoms with Crippen LogP contribution in [0.2, 0.25) is 0 Å². The predicted molar refractivity (Wildman–Crippen MR) is 39.9 cm³/mol. The maximum absolute atomic E-state index is 8.56. The van der Waals surface area contributed by atoms with Gasteiger partial charge in [-0.05, 0) is 0 Å². The molecule has 1 aromatic heterocycles. The van der Waals surface area contributed by atoms with Gasteiger partial charge in [-0.2, -0.15) is 5.26 Å². The van der Waals surface area contributed by atoms with Crippen LogP contribution < -0.4 is 10.5 Å². The monoisotopic (exact) mass is 149 g/mol. The number of ether oxygens (including phenoxy) is 1. The van der Waals surface area contributed by atoms with Gasteiger partial charge in [-0.3, -0.25) is 0 Å². The molecule has 0 aromatic carbocycles. The molecule has 4 nitrogen and oxygen atoms in total. The van der Waals surface area contributed by atoms with Crippen molar-refractivity contribution < 1.29 is 4.74 Å². The van der Waals surface area contributed by atoms with Gasteiger partial charge in [0.2, 0.25) is 0 Å². The van der Waals surface area contributed by atoms with E-state index < -0.39 is 0 Å². The summed E-state index contributed by atoms with van der Waals surface area (Å²) in [4.78, 5) is 3.76. The summed E-state index contributed by atoms with van der Waals surface area (Å²) in [5.74, 6) is 0.768. The van der Waals surface area contributed by atoms with Crippen LogP contribution in [0.15, 0.2) is 12.3 Å². The zero-order chi connectivity index (χ0) is 8.27. The third kappa shape index (κ3) is 1.38. The molecule has 4 heteroatoms. The van der Waals surface area contributed by atoms with E-state index in [-0.39, 0.29) is 0 Å². The summed E-state index contributed by atoms with van der Waals surface area (Å²) in [5, 5.41) is 8.56. The average Bonchev–Trinajstić information content (AvgIpc) is 2.04. The van der Waals surface area contributed by atoms with Crippen LogP contribution in [0.3, 0.4) is 0 Å². The van der Waals surface area contributed by atoms with E-state index in [2.05, 4.69) is 4.98 Å². The second-order valence-corrected chi connectivity index (χ2v) is 1.92. The Balaban J connectivity index is 3.19. The summed E-state index contributed by atoms with van der Waals surface area (Å²) >= 11 is 0. The molecule has 0 unspecified atom stereocenters. The lowest BCUT2D eigenvalue weighted by atomic mass is 10.2. The van der Waals surface area contributed by atoms with Crippen LogP contribution in [0, 0.1) is 11.3 Å². The lowest BCUT2D eigenvalue weighted by Gasteiger charge is -2.00. The molecule has 56 valence electrons. The number of nitrogens with two attached hydrogens (primary N) is 1. The van der Waals surface area contributed by atoms with E-state index in [0.717, 1.165) is 0 Å². The SMILES string of the molecule is COc1cnc(N)cc1C#N. The van der Waals surface area contributed by atoms with Crippen LogP contribution in [0.1, 0.15) is 5.56 Å². The van der Waals surface area contributed by atoms with Crippen molar-refractivity contribution in [2.75, 3.05) is 12.8 Å². The maximum atomic E-state index is 8.56. The Kier molecular flexibility index (Phi) is 1.93. The minimum Gasteiger partial charge on any atom is -0.494 e. The molecule has 0 atom stereocenters. The van der Waals surface area contributed by atoms with Gasteiger partial charge in [0.25, 0.3) is 0 Å². The van der Waals surface area contributed by atoms with Crippen LogP contribution in [0.4, 0.5) is 5.82 Å². The number of rotatable bonds is 1. The highest BCUT2D eigenvalue weighted by atomic mass is 16.5. The molecule has 1 heterocycles. The normalized spacial score (nSPS) is 8.73. The molecule has 1 rings (SSSR count). The topological polar surface area (TPSA) is 71.9 Å². The molecule has 11 heavy (non-hydrogen) atoms. The number of anilines is 1. The Bertz CT molecular complexity index is 303. The van der Waals surface area contributed by atoms with Crippen molar-refractivity contribution in [3.8, 4) is 11.8 Å². The van der Waals surface area contributed by atoms with E-state index >= 15 is 0 Å². The van der Waals surface area contributed by atoms with Gasteiger partial charge in [0.05, 0.1) is 18.9 Å². The predicted octanol–water partition coefficient (Wildman–Crippen LogP) is 0.544. The maximum Gasteiger partial charge on any atom is 0.155 e. The highest BCUT2D eigenvalue weighted by Gasteiger charge is 2.01. The van der Waals surface area contributed by atoms with E-state index in [1.54, 1.807) is 0 Å². The minimum absolute atomic E-state index is 0.322. The number of hydrogen-bond acceptors (Lipinski definition) is 4. The van der Waals surface area contributed by atoms with E-state index in [9.17, 15) is 0 Å². The number of hydrogen-bond donors (Lipinski definition) is 1. The number of nitriles is 1. The van der Waals surface area contributed by atoms with Crippen molar-refractivity contribution in [1.29, 1.82) is 5.26 Å². The van der Waals surface area contributed by atoms with Gasteiger partial charge in [-0.15, -0.1) is 0 Å². The van der Waals surface area contributed by atoms with E-state index in [1.807, 2.05) is 6.07 Å². The second kappa shape index (κ2) is 2.88. The molecule has 0 radical (unpaired) electrons. The molecule has 1 aromatic rings. The Hall–Kier alpha value is -1.76. The number of methoxy groups -OCH3 is 1. The molecule has 0 fully saturated rings. The fourth-order valence-corrected chi connectivity index (χ4v) is 0.709. The summed E-state index contributed by atoms with van der Waals surface area (Å²) in [6.45, 7) is 0. The van der Waals surface area contributed by atoms with Crippen molar-refractivity contribution in [2.24, 2.45) is 0 Å². The molecule has 0 saturated carbocycles. The molecular weight excluding hydrogens is 142 g/mol. The third-order valence-electron chi connectivity index (χ3n) is 1.23. The number of nitrogens with zero attached hydrogens (tertiary/aromatic N) is 2. The standard InChI is InChI=1S/C7H7N3O/c1-11-6-4-10-7(9)2-5(6)3-8/h2,4H,1H3,(H2,9,10).